The van der Waals surface area contributed by atoms with Crippen LogP contribution >= 0.6 is 0 Å². The van der Waals surface area contributed by atoms with Gasteiger partial charge in [0.2, 0.25) is 5.82 Å². The maximum absolute atomic E-state index is 13.9. The third kappa shape index (κ3) is 2.51. The maximum Gasteiger partial charge on any atom is 0.305 e. The molecule has 1 aliphatic rings. The Morgan fingerprint density at radius 2 is 2.33 bits per heavy atom. The second-order valence-electron chi connectivity index (χ2n) is 4.68. The van der Waals surface area contributed by atoms with E-state index in [1.54, 1.807) is 12.1 Å². The number of nitro benzene ring substituents is 1. The van der Waals surface area contributed by atoms with Crippen LogP contribution in [0.15, 0.2) is 18.2 Å². The van der Waals surface area contributed by atoms with Crippen LogP contribution in [0.3, 0.4) is 0 Å². The van der Waals surface area contributed by atoms with Crippen LogP contribution in [0.25, 0.3) is 0 Å². The Morgan fingerprint density at radius 1 is 1.56 bits per heavy atom. The summed E-state index contributed by atoms with van der Waals surface area (Å²) in [5, 5.41) is 10.7. The first-order valence-electron chi connectivity index (χ1n) is 6.29. The van der Waals surface area contributed by atoms with Gasteiger partial charge in [-0.2, -0.15) is 4.39 Å². The van der Waals surface area contributed by atoms with Gasteiger partial charge in [-0.25, -0.2) is 0 Å². The van der Waals surface area contributed by atoms with Crippen molar-refractivity contribution in [2.45, 2.75) is 38.8 Å². The highest BCUT2D eigenvalue weighted by atomic mass is 19.1. The SMILES string of the molecule is CCC1CCCN1Cc1cccc([N+](=O)[O-])c1F. The Hall–Kier alpha value is -1.49. The van der Waals surface area contributed by atoms with Crippen molar-refractivity contribution in [3.05, 3.63) is 39.7 Å². The van der Waals surface area contributed by atoms with Crippen molar-refractivity contribution >= 4 is 5.69 Å². The molecule has 1 heterocycles. The van der Waals surface area contributed by atoms with E-state index >= 15 is 0 Å². The molecule has 0 N–H and O–H groups in total. The summed E-state index contributed by atoms with van der Waals surface area (Å²) < 4.78 is 13.9. The van der Waals surface area contributed by atoms with Crippen molar-refractivity contribution in [3.8, 4) is 0 Å². The Labute approximate surface area is 106 Å². The van der Waals surface area contributed by atoms with Crippen LogP contribution in [0.2, 0.25) is 0 Å². The zero-order valence-electron chi connectivity index (χ0n) is 10.4. The zero-order valence-corrected chi connectivity index (χ0v) is 10.4. The first-order valence-corrected chi connectivity index (χ1v) is 6.29. The number of likely N-dealkylation sites (tertiary alicyclic amines) is 1. The molecule has 1 aromatic carbocycles. The molecule has 0 saturated carbocycles. The van der Waals surface area contributed by atoms with Crippen LogP contribution in [0.1, 0.15) is 31.7 Å². The van der Waals surface area contributed by atoms with Crippen molar-refractivity contribution in [2.75, 3.05) is 6.54 Å². The highest BCUT2D eigenvalue weighted by molar-refractivity contribution is 5.36. The molecule has 0 aliphatic carbocycles. The molecule has 1 unspecified atom stereocenters. The van der Waals surface area contributed by atoms with Crippen LogP contribution < -0.4 is 0 Å². The van der Waals surface area contributed by atoms with Gasteiger partial charge in [0.05, 0.1) is 4.92 Å². The van der Waals surface area contributed by atoms with Crippen molar-refractivity contribution in [1.29, 1.82) is 0 Å². The summed E-state index contributed by atoms with van der Waals surface area (Å²) in [7, 11) is 0. The number of nitro groups is 1. The van der Waals surface area contributed by atoms with Crippen LogP contribution in [0.4, 0.5) is 10.1 Å². The van der Waals surface area contributed by atoms with E-state index in [1.165, 1.54) is 6.07 Å². The lowest BCUT2D eigenvalue weighted by molar-refractivity contribution is -0.387. The van der Waals surface area contributed by atoms with Gasteiger partial charge in [-0.1, -0.05) is 19.1 Å². The fourth-order valence-electron chi connectivity index (χ4n) is 2.61. The van der Waals surface area contributed by atoms with Gasteiger partial charge in [-0.15, -0.1) is 0 Å². The third-order valence-corrected chi connectivity index (χ3v) is 3.60. The Bertz CT molecular complexity index is 451. The lowest BCUT2D eigenvalue weighted by Crippen LogP contribution is -2.28. The largest absolute Gasteiger partial charge is 0.305 e. The molecule has 2 rings (SSSR count). The number of hydrogen-bond acceptors (Lipinski definition) is 3. The lowest BCUT2D eigenvalue weighted by Gasteiger charge is -2.23. The fourth-order valence-corrected chi connectivity index (χ4v) is 2.61. The molecule has 98 valence electrons. The number of rotatable bonds is 4. The molecular formula is C13H17FN2O2. The quantitative estimate of drug-likeness (QED) is 0.611. The minimum absolute atomic E-state index is 0.421. The normalized spacial score (nSPS) is 20.2. The highest BCUT2D eigenvalue weighted by Gasteiger charge is 2.25. The predicted octanol–water partition coefficient (Wildman–Crippen LogP) is 3.11. The average Bonchev–Trinajstić information content (AvgIpc) is 2.78. The van der Waals surface area contributed by atoms with E-state index in [0.29, 0.717) is 18.2 Å². The summed E-state index contributed by atoms with van der Waals surface area (Å²) in [4.78, 5) is 12.2. The standard InChI is InChI=1S/C13H17FN2O2/c1-2-11-6-4-8-15(11)9-10-5-3-7-12(13(10)14)16(17)18/h3,5,7,11H,2,4,6,8-9H2,1H3. The topological polar surface area (TPSA) is 46.4 Å². The lowest BCUT2D eigenvalue weighted by atomic mass is 10.1. The van der Waals surface area contributed by atoms with Gasteiger partial charge in [0.25, 0.3) is 0 Å². The minimum atomic E-state index is -0.691. The van der Waals surface area contributed by atoms with Crippen LogP contribution in [-0.2, 0) is 6.54 Å². The molecule has 0 radical (unpaired) electrons. The number of benzene rings is 1. The Balaban J connectivity index is 2.19. The Morgan fingerprint density at radius 3 is 3.00 bits per heavy atom. The van der Waals surface area contributed by atoms with Crippen molar-refractivity contribution in [3.63, 3.8) is 0 Å². The van der Waals surface area contributed by atoms with Gasteiger partial charge in [0.1, 0.15) is 0 Å². The van der Waals surface area contributed by atoms with E-state index in [2.05, 4.69) is 11.8 Å². The van der Waals surface area contributed by atoms with Crippen molar-refractivity contribution in [2.24, 2.45) is 0 Å². The molecular weight excluding hydrogens is 235 g/mol. The summed E-state index contributed by atoms with van der Waals surface area (Å²) in [6.45, 7) is 3.53. The van der Waals surface area contributed by atoms with Gasteiger partial charge in [-0.05, 0) is 25.8 Å². The van der Waals surface area contributed by atoms with Crippen LogP contribution in [0, 0.1) is 15.9 Å². The van der Waals surface area contributed by atoms with E-state index in [-0.39, 0.29) is 0 Å². The van der Waals surface area contributed by atoms with Crippen LogP contribution in [-0.4, -0.2) is 22.4 Å². The zero-order chi connectivity index (χ0) is 13.1. The number of nitrogens with zero attached hydrogens (tertiary/aromatic N) is 2. The third-order valence-electron chi connectivity index (χ3n) is 3.60. The maximum atomic E-state index is 13.9. The average molecular weight is 252 g/mol. The van der Waals surface area contributed by atoms with Gasteiger partial charge in [0, 0.05) is 24.2 Å². The second-order valence-corrected chi connectivity index (χ2v) is 4.68. The van der Waals surface area contributed by atoms with Crippen molar-refractivity contribution in [1.82, 2.24) is 4.90 Å². The summed E-state index contributed by atoms with van der Waals surface area (Å²) in [6.07, 6.45) is 3.29. The molecule has 1 fully saturated rings. The van der Waals surface area contributed by atoms with Gasteiger partial charge in [-0.3, -0.25) is 15.0 Å². The van der Waals surface area contributed by atoms with Crippen LogP contribution in [0.5, 0.6) is 0 Å². The first kappa shape index (κ1) is 13.0. The van der Waals surface area contributed by atoms with Gasteiger partial charge < -0.3 is 0 Å². The molecule has 0 amide bonds. The predicted molar refractivity (Wildman–Crippen MR) is 66.8 cm³/mol. The van der Waals surface area contributed by atoms with E-state index in [4.69, 9.17) is 0 Å². The summed E-state index contributed by atoms with van der Waals surface area (Å²) in [5.41, 5.74) is -0.00991. The molecule has 1 atom stereocenters. The monoisotopic (exact) mass is 252 g/mol. The highest BCUT2D eigenvalue weighted by Crippen LogP contribution is 2.26. The fraction of sp³-hybridized carbons (Fsp3) is 0.538. The van der Waals surface area contributed by atoms with E-state index in [9.17, 15) is 14.5 Å². The molecule has 1 aliphatic heterocycles. The summed E-state index contributed by atoms with van der Waals surface area (Å²) in [6, 6.07) is 4.87. The van der Waals surface area contributed by atoms with Crippen molar-refractivity contribution < 1.29 is 9.31 Å². The molecule has 0 aromatic heterocycles. The van der Waals surface area contributed by atoms with Gasteiger partial charge >= 0.3 is 5.69 Å². The first-order chi connectivity index (χ1) is 8.63. The molecule has 4 nitrogen and oxygen atoms in total. The summed E-state index contributed by atoms with van der Waals surface area (Å²) >= 11 is 0. The number of hydrogen-bond donors (Lipinski definition) is 0. The Kier molecular flexibility index (Phi) is 3.91. The smallest absolute Gasteiger partial charge is 0.296 e. The molecule has 0 bridgehead atoms. The molecule has 0 spiro atoms. The number of halogens is 1. The summed E-state index contributed by atoms with van der Waals surface area (Å²) in [5.74, 6) is -0.691. The van der Waals surface area contributed by atoms with E-state index < -0.39 is 16.4 Å². The molecule has 1 aromatic rings. The van der Waals surface area contributed by atoms with Gasteiger partial charge in [0.15, 0.2) is 0 Å². The second kappa shape index (κ2) is 5.44. The van der Waals surface area contributed by atoms with E-state index in [1.807, 2.05) is 0 Å². The minimum Gasteiger partial charge on any atom is -0.296 e. The van der Waals surface area contributed by atoms with E-state index in [0.717, 1.165) is 25.8 Å². The molecule has 1 saturated heterocycles. The molecule has 5 heteroatoms. The molecule has 18 heavy (non-hydrogen) atoms.